The van der Waals surface area contributed by atoms with Gasteiger partial charge in [0.1, 0.15) is 5.75 Å². The Bertz CT molecular complexity index is 510. The Kier molecular flexibility index (Phi) is 3.67. The minimum atomic E-state index is 0.778. The molecule has 0 atom stereocenters. The van der Waals surface area contributed by atoms with Crippen LogP contribution in [0.15, 0.2) is 40.9 Å². The molecule has 0 unspecified atom stereocenters. The molecule has 1 aliphatic carbocycles. The number of aliphatic imine (C=N–C) groups is 1. The summed E-state index contributed by atoms with van der Waals surface area (Å²) in [6, 6.07) is 8.19. The molecule has 3 rings (SSSR count). The first-order chi connectivity index (χ1) is 9.36. The Morgan fingerprint density at radius 3 is 2.79 bits per heavy atom. The summed E-state index contributed by atoms with van der Waals surface area (Å²) in [5.74, 6) is 1.68. The fraction of sp³-hybridized carbons (Fsp3) is 0.471. The van der Waals surface area contributed by atoms with E-state index in [0.29, 0.717) is 0 Å². The summed E-state index contributed by atoms with van der Waals surface area (Å²) in [6.07, 6.45) is 9.20. The third-order valence-electron chi connectivity index (χ3n) is 4.25. The molecule has 0 bridgehead atoms. The van der Waals surface area contributed by atoms with E-state index >= 15 is 0 Å². The average molecular weight is 255 g/mol. The molecule has 1 heterocycles. The number of hydrogen-bond acceptors (Lipinski definition) is 2. The molecule has 2 aliphatic rings. The minimum Gasteiger partial charge on any atom is -0.497 e. The monoisotopic (exact) mass is 255 g/mol. The van der Waals surface area contributed by atoms with Gasteiger partial charge in [0.15, 0.2) is 0 Å². The molecule has 1 aromatic carbocycles. The number of rotatable bonds is 3. The molecular formula is C17H21NO. The van der Waals surface area contributed by atoms with Crippen molar-refractivity contribution in [2.75, 3.05) is 13.7 Å². The van der Waals surface area contributed by atoms with Crippen LogP contribution < -0.4 is 4.74 Å². The molecule has 0 N–H and O–H groups in total. The molecule has 1 aliphatic heterocycles. The molecule has 0 radical (unpaired) electrons. The zero-order valence-electron chi connectivity index (χ0n) is 11.6. The summed E-state index contributed by atoms with van der Waals surface area (Å²) in [7, 11) is 1.71. The highest BCUT2D eigenvalue weighted by molar-refractivity contribution is 6.10. The molecule has 1 saturated carbocycles. The van der Waals surface area contributed by atoms with Gasteiger partial charge in [0.25, 0.3) is 0 Å². The first-order valence-corrected chi connectivity index (χ1v) is 7.26. The van der Waals surface area contributed by atoms with Crippen molar-refractivity contribution < 1.29 is 4.74 Å². The summed E-state index contributed by atoms with van der Waals surface area (Å²) in [5, 5.41) is 0. The van der Waals surface area contributed by atoms with Gasteiger partial charge >= 0.3 is 0 Å². The van der Waals surface area contributed by atoms with Crippen molar-refractivity contribution in [3.8, 4) is 5.75 Å². The number of methoxy groups -OCH3 is 1. The van der Waals surface area contributed by atoms with E-state index in [2.05, 4.69) is 18.2 Å². The van der Waals surface area contributed by atoms with Crippen molar-refractivity contribution in [3.63, 3.8) is 0 Å². The first kappa shape index (κ1) is 12.5. The second-order valence-electron chi connectivity index (χ2n) is 5.49. The Morgan fingerprint density at radius 2 is 2.00 bits per heavy atom. The second kappa shape index (κ2) is 5.60. The highest BCUT2D eigenvalue weighted by Gasteiger charge is 2.21. The van der Waals surface area contributed by atoms with Gasteiger partial charge in [-0.3, -0.25) is 4.99 Å². The largest absolute Gasteiger partial charge is 0.497 e. The SMILES string of the molecule is COc1cccc(C2=NCC(C3CCCCC3)=C2)c1. The summed E-state index contributed by atoms with van der Waals surface area (Å²) in [4.78, 5) is 4.71. The fourth-order valence-corrected chi connectivity index (χ4v) is 3.12. The second-order valence-corrected chi connectivity index (χ2v) is 5.49. The lowest BCUT2D eigenvalue weighted by molar-refractivity contribution is 0.401. The Labute approximate surface area is 115 Å². The van der Waals surface area contributed by atoms with Crippen LogP contribution in [-0.2, 0) is 0 Å². The van der Waals surface area contributed by atoms with Gasteiger partial charge in [-0.2, -0.15) is 0 Å². The van der Waals surface area contributed by atoms with E-state index in [-0.39, 0.29) is 0 Å². The van der Waals surface area contributed by atoms with Crippen molar-refractivity contribution in [3.05, 3.63) is 41.5 Å². The normalized spacial score (nSPS) is 20.1. The number of hydrogen-bond donors (Lipinski definition) is 0. The van der Waals surface area contributed by atoms with E-state index in [1.165, 1.54) is 43.2 Å². The van der Waals surface area contributed by atoms with Crippen LogP contribution in [0.4, 0.5) is 0 Å². The van der Waals surface area contributed by atoms with Crippen molar-refractivity contribution in [2.45, 2.75) is 32.1 Å². The van der Waals surface area contributed by atoms with E-state index < -0.39 is 0 Å². The zero-order valence-corrected chi connectivity index (χ0v) is 11.6. The van der Waals surface area contributed by atoms with Gasteiger partial charge in [0.05, 0.1) is 19.4 Å². The van der Waals surface area contributed by atoms with E-state index in [1.54, 1.807) is 7.11 Å². The van der Waals surface area contributed by atoms with Crippen LogP contribution >= 0.6 is 0 Å². The van der Waals surface area contributed by atoms with Crippen LogP contribution in [0.1, 0.15) is 37.7 Å². The van der Waals surface area contributed by atoms with Crippen LogP contribution in [0.2, 0.25) is 0 Å². The summed E-state index contributed by atoms with van der Waals surface area (Å²) in [6.45, 7) is 0.900. The van der Waals surface area contributed by atoms with Gasteiger partial charge < -0.3 is 4.74 Å². The molecule has 0 spiro atoms. The third kappa shape index (κ3) is 2.73. The highest BCUT2D eigenvalue weighted by Crippen LogP contribution is 2.32. The smallest absolute Gasteiger partial charge is 0.119 e. The third-order valence-corrected chi connectivity index (χ3v) is 4.25. The minimum absolute atomic E-state index is 0.778. The topological polar surface area (TPSA) is 21.6 Å². The summed E-state index contributed by atoms with van der Waals surface area (Å²) in [5.41, 5.74) is 3.84. The number of benzene rings is 1. The average Bonchev–Trinajstić information content (AvgIpc) is 2.98. The van der Waals surface area contributed by atoms with Crippen molar-refractivity contribution in [1.29, 1.82) is 0 Å². The van der Waals surface area contributed by atoms with Crippen LogP contribution in [0, 0.1) is 5.92 Å². The van der Waals surface area contributed by atoms with E-state index in [4.69, 9.17) is 9.73 Å². The molecule has 2 nitrogen and oxygen atoms in total. The Balaban J connectivity index is 1.77. The molecular weight excluding hydrogens is 234 g/mol. The quantitative estimate of drug-likeness (QED) is 0.800. The lowest BCUT2D eigenvalue weighted by atomic mass is 9.83. The molecule has 2 heteroatoms. The Morgan fingerprint density at radius 1 is 1.16 bits per heavy atom. The molecule has 100 valence electrons. The molecule has 1 aromatic rings. The standard InChI is InChI=1S/C17H21NO/c1-19-16-9-5-8-14(10-16)17-11-15(12-18-17)13-6-3-2-4-7-13/h5,8-11,13H,2-4,6-7,12H2,1H3. The maximum Gasteiger partial charge on any atom is 0.119 e. The van der Waals surface area contributed by atoms with Crippen LogP contribution in [-0.4, -0.2) is 19.4 Å². The van der Waals surface area contributed by atoms with E-state index in [1.807, 2.05) is 12.1 Å². The lowest BCUT2D eigenvalue weighted by Crippen LogP contribution is -2.09. The number of allylic oxidation sites excluding steroid dienone is 1. The number of ether oxygens (including phenoxy) is 1. The van der Waals surface area contributed by atoms with Gasteiger partial charge in [0.2, 0.25) is 0 Å². The zero-order chi connectivity index (χ0) is 13.1. The summed E-state index contributed by atoms with van der Waals surface area (Å²) < 4.78 is 5.28. The number of nitrogens with zero attached hydrogens (tertiary/aromatic N) is 1. The Hall–Kier alpha value is -1.57. The summed E-state index contributed by atoms with van der Waals surface area (Å²) >= 11 is 0. The van der Waals surface area contributed by atoms with Crippen LogP contribution in [0.5, 0.6) is 5.75 Å². The predicted molar refractivity (Wildman–Crippen MR) is 79.1 cm³/mol. The van der Waals surface area contributed by atoms with E-state index in [9.17, 15) is 0 Å². The van der Waals surface area contributed by atoms with Crippen molar-refractivity contribution >= 4 is 5.71 Å². The molecule has 0 saturated heterocycles. The highest BCUT2D eigenvalue weighted by atomic mass is 16.5. The predicted octanol–water partition coefficient (Wildman–Crippen LogP) is 4.00. The van der Waals surface area contributed by atoms with Crippen molar-refractivity contribution in [2.24, 2.45) is 10.9 Å². The molecule has 0 amide bonds. The molecule has 1 fully saturated rings. The lowest BCUT2D eigenvalue weighted by Gasteiger charge is -2.22. The van der Waals surface area contributed by atoms with Gasteiger partial charge in [0, 0.05) is 5.56 Å². The molecule has 0 aromatic heterocycles. The van der Waals surface area contributed by atoms with Gasteiger partial charge in [-0.05, 0) is 42.5 Å². The van der Waals surface area contributed by atoms with Gasteiger partial charge in [-0.1, -0.05) is 31.4 Å². The van der Waals surface area contributed by atoms with Gasteiger partial charge in [-0.15, -0.1) is 0 Å². The maximum absolute atomic E-state index is 5.28. The fourth-order valence-electron chi connectivity index (χ4n) is 3.12. The van der Waals surface area contributed by atoms with E-state index in [0.717, 1.165) is 23.9 Å². The van der Waals surface area contributed by atoms with Gasteiger partial charge in [-0.25, -0.2) is 0 Å². The van der Waals surface area contributed by atoms with Crippen molar-refractivity contribution in [1.82, 2.24) is 0 Å². The first-order valence-electron chi connectivity index (χ1n) is 7.26. The maximum atomic E-state index is 5.28. The van der Waals surface area contributed by atoms with Crippen LogP contribution in [0.25, 0.3) is 0 Å². The van der Waals surface area contributed by atoms with Crippen LogP contribution in [0.3, 0.4) is 0 Å². The molecule has 19 heavy (non-hydrogen) atoms.